The lowest BCUT2D eigenvalue weighted by molar-refractivity contribution is -0.143. The lowest BCUT2D eigenvalue weighted by Crippen LogP contribution is -2.48. The van der Waals surface area contributed by atoms with Gasteiger partial charge < -0.3 is 9.64 Å². The van der Waals surface area contributed by atoms with E-state index in [1.165, 1.54) is 13.5 Å². The third-order valence-electron chi connectivity index (χ3n) is 3.81. The molecule has 0 aromatic rings. The van der Waals surface area contributed by atoms with Crippen LogP contribution in [-0.4, -0.2) is 61.0 Å². The molecule has 0 aliphatic carbocycles. The number of methoxy groups -OCH3 is 1. The average molecular weight is 270 g/mol. The quantitative estimate of drug-likeness (QED) is 0.682. The van der Waals surface area contributed by atoms with Gasteiger partial charge in [0.05, 0.1) is 20.2 Å². The van der Waals surface area contributed by atoms with Crippen LogP contribution < -0.4 is 0 Å². The number of hydrogen-bond donors (Lipinski definition) is 0. The minimum absolute atomic E-state index is 0.136. The van der Waals surface area contributed by atoms with Gasteiger partial charge in [0.25, 0.3) is 0 Å². The molecule has 1 heterocycles. The van der Waals surface area contributed by atoms with Crippen LogP contribution in [-0.2, 0) is 14.3 Å². The molecule has 1 aliphatic rings. The molecule has 1 atom stereocenters. The Morgan fingerprint density at radius 2 is 2.00 bits per heavy atom. The van der Waals surface area contributed by atoms with Gasteiger partial charge in [-0.25, -0.2) is 0 Å². The van der Waals surface area contributed by atoms with Gasteiger partial charge in [-0.2, -0.15) is 0 Å². The molecule has 5 nitrogen and oxygen atoms in total. The fourth-order valence-corrected chi connectivity index (χ4v) is 2.56. The summed E-state index contributed by atoms with van der Waals surface area (Å²) in [6, 6.07) is 0.373. The van der Waals surface area contributed by atoms with Crippen LogP contribution in [0.5, 0.6) is 0 Å². The van der Waals surface area contributed by atoms with Gasteiger partial charge >= 0.3 is 5.97 Å². The molecule has 1 amide bonds. The number of piperidine rings is 1. The fraction of sp³-hybridized carbons (Fsp3) is 0.857. The normalized spacial score (nSPS) is 19.6. The summed E-state index contributed by atoms with van der Waals surface area (Å²) in [5.74, 6) is -0.155. The topological polar surface area (TPSA) is 49.9 Å². The zero-order valence-corrected chi connectivity index (χ0v) is 12.4. The molecule has 1 fully saturated rings. The van der Waals surface area contributed by atoms with Gasteiger partial charge in [0.15, 0.2) is 0 Å². The second kappa shape index (κ2) is 8.15. The number of esters is 1. The van der Waals surface area contributed by atoms with E-state index in [-0.39, 0.29) is 18.4 Å². The highest BCUT2D eigenvalue weighted by Gasteiger charge is 2.26. The van der Waals surface area contributed by atoms with E-state index in [0.717, 1.165) is 25.8 Å². The predicted molar refractivity (Wildman–Crippen MR) is 73.8 cm³/mol. The molecule has 0 bridgehead atoms. The van der Waals surface area contributed by atoms with Crippen molar-refractivity contribution in [3.8, 4) is 0 Å². The van der Waals surface area contributed by atoms with Crippen LogP contribution >= 0.6 is 0 Å². The van der Waals surface area contributed by atoms with Crippen LogP contribution in [0.25, 0.3) is 0 Å². The van der Waals surface area contributed by atoms with Crippen molar-refractivity contribution in [2.24, 2.45) is 0 Å². The maximum absolute atomic E-state index is 12.3. The van der Waals surface area contributed by atoms with Crippen LogP contribution in [0.1, 0.15) is 39.5 Å². The first-order valence-electron chi connectivity index (χ1n) is 7.21. The van der Waals surface area contributed by atoms with E-state index in [4.69, 9.17) is 0 Å². The van der Waals surface area contributed by atoms with Gasteiger partial charge in [0.2, 0.25) is 5.91 Å². The molecule has 5 heteroatoms. The Kier molecular flexibility index (Phi) is 6.84. The molecule has 1 unspecified atom stereocenters. The molecule has 0 saturated carbocycles. The molecule has 0 aromatic heterocycles. The molecule has 19 heavy (non-hydrogen) atoms. The van der Waals surface area contributed by atoms with Crippen molar-refractivity contribution in [1.29, 1.82) is 0 Å². The summed E-state index contributed by atoms with van der Waals surface area (Å²) in [7, 11) is 1.37. The Morgan fingerprint density at radius 1 is 1.26 bits per heavy atom. The summed E-state index contributed by atoms with van der Waals surface area (Å²) < 4.78 is 4.65. The maximum atomic E-state index is 12.3. The van der Waals surface area contributed by atoms with Crippen LogP contribution in [0.15, 0.2) is 0 Å². The van der Waals surface area contributed by atoms with Crippen LogP contribution in [0.3, 0.4) is 0 Å². The van der Waals surface area contributed by atoms with E-state index in [1.807, 2.05) is 16.7 Å². The third-order valence-corrected chi connectivity index (χ3v) is 3.81. The zero-order valence-electron chi connectivity index (χ0n) is 12.4. The van der Waals surface area contributed by atoms with E-state index < -0.39 is 0 Å². The minimum Gasteiger partial charge on any atom is -0.468 e. The summed E-state index contributed by atoms with van der Waals surface area (Å²) in [6.07, 6.45) is 4.41. The van der Waals surface area contributed by atoms with Gasteiger partial charge in [-0.05, 0) is 32.2 Å². The zero-order chi connectivity index (χ0) is 14.3. The molecular formula is C14H26N2O3. The van der Waals surface area contributed by atoms with Crippen LogP contribution in [0.4, 0.5) is 0 Å². The molecule has 110 valence electrons. The van der Waals surface area contributed by atoms with Crippen LogP contribution in [0, 0.1) is 0 Å². The van der Waals surface area contributed by atoms with Crippen molar-refractivity contribution < 1.29 is 14.3 Å². The highest BCUT2D eigenvalue weighted by atomic mass is 16.5. The van der Waals surface area contributed by atoms with Crippen molar-refractivity contribution in [2.75, 3.05) is 33.3 Å². The number of likely N-dealkylation sites (tertiary alicyclic amines) is 1. The minimum atomic E-state index is -0.291. The monoisotopic (exact) mass is 270 g/mol. The number of carbonyl (C=O) groups is 2. The van der Waals surface area contributed by atoms with Crippen molar-refractivity contribution in [3.05, 3.63) is 0 Å². The average Bonchev–Trinajstić information content (AvgIpc) is 2.45. The third kappa shape index (κ3) is 4.82. The molecule has 0 spiro atoms. The largest absolute Gasteiger partial charge is 0.468 e. The standard InChI is InChI=1S/C14H26N2O3/c1-4-12-8-6-7-9-16(12)13(17)10-15(5-2)11-14(18)19-3/h12H,4-11H2,1-3H3. The Bertz CT molecular complexity index is 307. The lowest BCUT2D eigenvalue weighted by Gasteiger charge is -2.36. The first kappa shape index (κ1) is 16.0. The number of nitrogens with zero attached hydrogens (tertiary/aromatic N) is 2. The number of amides is 1. The number of rotatable bonds is 6. The molecular weight excluding hydrogens is 244 g/mol. The first-order chi connectivity index (χ1) is 9.12. The molecule has 0 aromatic carbocycles. The van der Waals surface area contributed by atoms with Gasteiger partial charge in [-0.3, -0.25) is 14.5 Å². The maximum Gasteiger partial charge on any atom is 0.319 e. The highest BCUT2D eigenvalue weighted by Crippen LogP contribution is 2.19. The summed E-state index contributed by atoms with van der Waals surface area (Å²) in [4.78, 5) is 27.4. The number of hydrogen-bond acceptors (Lipinski definition) is 4. The fourth-order valence-electron chi connectivity index (χ4n) is 2.56. The number of carbonyl (C=O) groups excluding carboxylic acids is 2. The summed E-state index contributed by atoms with van der Waals surface area (Å²) in [6.45, 7) is 6.09. The summed E-state index contributed by atoms with van der Waals surface area (Å²) in [5.41, 5.74) is 0. The van der Waals surface area contributed by atoms with E-state index in [1.54, 1.807) is 0 Å². The molecule has 1 aliphatic heterocycles. The Hall–Kier alpha value is -1.10. The second-order valence-electron chi connectivity index (χ2n) is 5.02. The van der Waals surface area contributed by atoms with Crippen molar-refractivity contribution in [1.82, 2.24) is 9.80 Å². The predicted octanol–water partition coefficient (Wildman–Crippen LogP) is 1.27. The van der Waals surface area contributed by atoms with Gasteiger partial charge in [-0.15, -0.1) is 0 Å². The molecule has 1 saturated heterocycles. The van der Waals surface area contributed by atoms with Gasteiger partial charge in [0, 0.05) is 12.6 Å². The summed E-state index contributed by atoms with van der Waals surface area (Å²) >= 11 is 0. The van der Waals surface area contributed by atoms with Crippen molar-refractivity contribution in [3.63, 3.8) is 0 Å². The first-order valence-corrected chi connectivity index (χ1v) is 7.21. The highest BCUT2D eigenvalue weighted by molar-refractivity contribution is 5.79. The molecule has 1 rings (SSSR count). The van der Waals surface area contributed by atoms with E-state index in [0.29, 0.717) is 19.1 Å². The van der Waals surface area contributed by atoms with Crippen molar-refractivity contribution >= 4 is 11.9 Å². The number of likely N-dealkylation sites (N-methyl/N-ethyl adjacent to an activating group) is 1. The second-order valence-corrected chi connectivity index (χ2v) is 5.02. The van der Waals surface area contributed by atoms with E-state index >= 15 is 0 Å². The number of ether oxygens (including phenoxy) is 1. The summed E-state index contributed by atoms with van der Waals surface area (Å²) in [5, 5.41) is 0. The van der Waals surface area contributed by atoms with Gasteiger partial charge in [0.1, 0.15) is 0 Å². The molecule has 0 radical (unpaired) electrons. The van der Waals surface area contributed by atoms with Crippen LogP contribution in [0.2, 0.25) is 0 Å². The Morgan fingerprint density at radius 3 is 2.58 bits per heavy atom. The van der Waals surface area contributed by atoms with Gasteiger partial charge in [-0.1, -0.05) is 13.8 Å². The Balaban J connectivity index is 2.53. The van der Waals surface area contributed by atoms with Crippen molar-refractivity contribution in [2.45, 2.75) is 45.6 Å². The molecule has 0 N–H and O–H groups in total. The smallest absolute Gasteiger partial charge is 0.319 e. The van der Waals surface area contributed by atoms with E-state index in [2.05, 4.69) is 11.7 Å². The lowest BCUT2D eigenvalue weighted by atomic mass is 10.00. The van der Waals surface area contributed by atoms with E-state index in [9.17, 15) is 9.59 Å². The Labute approximate surface area is 115 Å². The SMILES string of the molecule is CCC1CCCCN1C(=O)CN(CC)CC(=O)OC.